The van der Waals surface area contributed by atoms with Gasteiger partial charge in [-0.25, -0.2) is 13.6 Å². The summed E-state index contributed by atoms with van der Waals surface area (Å²) < 4.78 is 32.0. The molecule has 1 aliphatic heterocycles. The molecule has 0 aliphatic carbocycles. The molecule has 0 saturated heterocycles. The zero-order valence-electron chi connectivity index (χ0n) is 12.7. The Balaban J connectivity index is 2.52. The van der Waals surface area contributed by atoms with Crippen LogP contribution in [0.3, 0.4) is 0 Å². The molecular weight excluding hydrogens is 294 g/mol. The molecule has 1 aliphatic rings. The van der Waals surface area contributed by atoms with Crippen molar-refractivity contribution in [2.24, 2.45) is 0 Å². The number of hydrogen-bond acceptors (Lipinski definition) is 4. The number of nitrogens with one attached hydrogen (secondary N) is 1. The number of carbonyl (C=O) groups is 2. The fraction of sp³-hybridized carbons (Fsp3) is 0.467. The molecule has 2 unspecified atom stereocenters. The molecule has 22 heavy (non-hydrogen) atoms. The minimum Gasteiger partial charge on any atom is -0.464 e. The number of benzene rings is 1. The normalized spacial score (nSPS) is 18.5. The Kier molecular flexibility index (Phi) is 4.63. The van der Waals surface area contributed by atoms with Crippen molar-refractivity contribution in [1.82, 2.24) is 0 Å². The molecule has 1 amide bonds. The van der Waals surface area contributed by atoms with Crippen molar-refractivity contribution in [1.29, 1.82) is 0 Å². The summed E-state index contributed by atoms with van der Waals surface area (Å²) in [6, 6.07) is 0.378. The Labute approximate surface area is 127 Å². The van der Waals surface area contributed by atoms with E-state index in [9.17, 15) is 18.4 Å². The number of anilines is 2. The fourth-order valence-corrected chi connectivity index (χ4v) is 2.49. The highest BCUT2D eigenvalue weighted by atomic mass is 19.2. The highest BCUT2D eigenvalue weighted by Gasteiger charge is 2.38. The van der Waals surface area contributed by atoms with Crippen LogP contribution in [-0.4, -0.2) is 30.6 Å². The third-order valence-electron chi connectivity index (χ3n) is 3.54. The molecule has 5 nitrogen and oxygen atoms in total. The molecule has 0 aromatic heterocycles. The van der Waals surface area contributed by atoms with Gasteiger partial charge in [-0.1, -0.05) is 6.92 Å². The summed E-state index contributed by atoms with van der Waals surface area (Å²) in [5.74, 6) is -3.05. The van der Waals surface area contributed by atoms with E-state index in [1.165, 1.54) is 4.90 Å². The number of esters is 1. The quantitative estimate of drug-likeness (QED) is 0.868. The summed E-state index contributed by atoms with van der Waals surface area (Å²) in [5.41, 5.74) is 0.413. The summed E-state index contributed by atoms with van der Waals surface area (Å²) >= 11 is 0. The number of ether oxygens (including phenoxy) is 1. The van der Waals surface area contributed by atoms with E-state index in [2.05, 4.69) is 5.32 Å². The number of carbonyl (C=O) groups excluding carboxylic acids is 2. The van der Waals surface area contributed by atoms with Crippen molar-refractivity contribution in [3.8, 4) is 0 Å². The lowest BCUT2D eigenvalue weighted by molar-refractivity contribution is -0.146. The molecule has 0 radical (unpaired) electrons. The van der Waals surface area contributed by atoms with Crippen LogP contribution in [0.25, 0.3) is 0 Å². The van der Waals surface area contributed by atoms with Gasteiger partial charge in [0, 0.05) is 12.1 Å². The van der Waals surface area contributed by atoms with Crippen LogP contribution in [0, 0.1) is 11.6 Å². The van der Waals surface area contributed by atoms with Crippen LogP contribution in [0.5, 0.6) is 0 Å². The molecule has 1 heterocycles. The van der Waals surface area contributed by atoms with E-state index in [1.807, 2.05) is 0 Å². The van der Waals surface area contributed by atoms with Crippen LogP contribution < -0.4 is 10.2 Å². The molecular formula is C15H18F2N2O3. The smallest absolute Gasteiger partial charge is 0.329 e. The minimum atomic E-state index is -1.08. The van der Waals surface area contributed by atoms with Gasteiger partial charge in [-0.3, -0.25) is 9.69 Å². The van der Waals surface area contributed by atoms with Gasteiger partial charge in [-0.2, -0.15) is 0 Å². The van der Waals surface area contributed by atoms with E-state index in [0.29, 0.717) is 6.42 Å². The summed E-state index contributed by atoms with van der Waals surface area (Å²) in [4.78, 5) is 25.7. The lowest BCUT2D eigenvalue weighted by Gasteiger charge is -2.37. The van der Waals surface area contributed by atoms with Crippen molar-refractivity contribution in [3.63, 3.8) is 0 Å². The van der Waals surface area contributed by atoms with Gasteiger partial charge in [0.05, 0.1) is 18.0 Å². The Morgan fingerprint density at radius 2 is 2.00 bits per heavy atom. The van der Waals surface area contributed by atoms with Crippen molar-refractivity contribution < 1.29 is 23.1 Å². The van der Waals surface area contributed by atoms with Gasteiger partial charge in [-0.15, -0.1) is 0 Å². The third kappa shape index (κ3) is 2.75. The highest BCUT2D eigenvalue weighted by Crippen LogP contribution is 2.35. The largest absolute Gasteiger partial charge is 0.464 e. The summed E-state index contributed by atoms with van der Waals surface area (Å²) in [5, 5.41) is 2.81. The minimum absolute atomic E-state index is 0.141. The van der Waals surface area contributed by atoms with Crippen molar-refractivity contribution in [2.45, 2.75) is 39.3 Å². The van der Waals surface area contributed by atoms with E-state index in [-0.39, 0.29) is 18.0 Å². The van der Waals surface area contributed by atoms with Gasteiger partial charge in [0.25, 0.3) is 0 Å². The zero-order chi connectivity index (χ0) is 16.4. The Bertz CT molecular complexity index is 607. The molecule has 2 atom stereocenters. The van der Waals surface area contributed by atoms with E-state index in [0.717, 1.165) is 12.1 Å². The van der Waals surface area contributed by atoms with E-state index >= 15 is 0 Å². The van der Waals surface area contributed by atoms with Gasteiger partial charge in [0.1, 0.15) is 12.1 Å². The van der Waals surface area contributed by atoms with Crippen molar-refractivity contribution in [3.05, 3.63) is 23.8 Å². The Morgan fingerprint density at radius 3 is 2.59 bits per heavy atom. The van der Waals surface area contributed by atoms with Gasteiger partial charge in [0.15, 0.2) is 11.6 Å². The highest BCUT2D eigenvalue weighted by molar-refractivity contribution is 6.08. The predicted octanol–water partition coefficient (Wildman–Crippen LogP) is 2.45. The average Bonchev–Trinajstić information content (AvgIpc) is 2.46. The summed E-state index contributed by atoms with van der Waals surface area (Å²) in [7, 11) is 0. The van der Waals surface area contributed by atoms with Crippen LogP contribution in [0.2, 0.25) is 0 Å². The molecule has 7 heteroatoms. The second-order valence-corrected chi connectivity index (χ2v) is 5.03. The second-order valence-electron chi connectivity index (χ2n) is 5.03. The molecule has 0 saturated carbocycles. The zero-order valence-corrected chi connectivity index (χ0v) is 12.7. The van der Waals surface area contributed by atoms with Gasteiger partial charge in [-0.05, 0) is 20.3 Å². The van der Waals surface area contributed by atoms with Crippen LogP contribution in [0.15, 0.2) is 12.1 Å². The molecule has 2 rings (SSSR count). The second kappa shape index (κ2) is 6.29. The number of hydrogen-bond donors (Lipinski definition) is 1. The summed E-state index contributed by atoms with van der Waals surface area (Å²) in [6.45, 7) is 5.16. The Hall–Kier alpha value is -2.18. The first-order valence-electron chi connectivity index (χ1n) is 7.15. The number of nitrogens with zero attached hydrogens (tertiary/aromatic N) is 1. The van der Waals surface area contributed by atoms with Crippen LogP contribution in [0.4, 0.5) is 20.2 Å². The van der Waals surface area contributed by atoms with Crippen LogP contribution >= 0.6 is 0 Å². The van der Waals surface area contributed by atoms with Gasteiger partial charge < -0.3 is 10.1 Å². The molecule has 0 bridgehead atoms. The van der Waals surface area contributed by atoms with Crippen LogP contribution in [-0.2, 0) is 14.3 Å². The lowest BCUT2D eigenvalue weighted by Crippen LogP contribution is -2.53. The maximum Gasteiger partial charge on any atom is 0.329 e. The molecule has 1 aromatic carbocycles. The van der Waals surface area contributed by atoms with Crippen LogP contribution in [0.1, 0.15) is 27.2 Å². The van der Waals surface area contributed by atoms with Crippen molar-refractivity contribution >= 4 is 23.3 Å². The summed E-state index contributed by atoms with van der Waals surface area (Å²) in [6.07, 6.45) is 0.301. The third-order valence-corrected chi connectivity index (χ3v) is 3.54. The SMILES string of the molecule is CCOC(=O)C(CC)N1C(=O)C(C)Nc2cc(F)c(F)cc21. The molecule has 1 N–H and O–H groups in total. The van der Waals surface area contributed by atoms with E-state index in [1.54, 1.807) is 20.8 Å². The van der Waals surface area contributed by atoms with E-state index in [4.69, 9.17) is 4.74 Å². The number of fused-ring (bicyclic) bond motifs is 1. The predicted molar refractivity (Wildman–Crippen MR) is 77.6 cm³/mol. The first-order chi connectivity index (χ1) is 10.4. The molecule has 1 aromatic rings. The standard InChI is InChI=1S/C15H18F2N2O3/c1-4-12(15(21)22-5-2)19-13-7-10(17)9(16)6-11(13)18-8(3)14(19)20/h6-8,12,18H,4-5H2,1-3H3. The maximum absolute atomic E-state index is 13.6. The van der Waals surface area contributed by atoms with Crippen molar-refractivity contribution in [2.75, 3.05) is 16.8 Å². The average molecular weight is 312 g/mol. The Morgan fingerprint density at radius 1 is 1.36 bits per heavy atom. The first kappa shape index (κ1) is 16.2. The topological polar surface area (TPSA) is 58.6 Å². The monoisotopic (exact) mass is 312 g/mol. The maximum atomic E-state index is 13.6. The van der Waals surface area contributed by atoms with Gasteiger partial charge in [0.2, 0.25) is 5.91 Å². The molecule has 0 fully saturated rings. The number of halogens is 2. The fourth-order valence-electron chi connectivity index (χ4n) is 2.49. The first-order valence-corrected chi connectivity index (χ1v) is 7.15. The van der Waals surface area contributed by atoms with E-state index < -0.39 is 35.6 Å². The lowest BCUT2D eigenvalue weighted by atomic mass is 10.0. The number of rotatable bonds is 4. The van der Waals surface area contributed by atoms with Gasteiger partial charge >= 0.3 is 5.97 Å². The number of amides is 1. The molecule has 120 valence electrons. The molecule has 0 spiro atoms.